The molecule has 2 unspecified atom stereocenters. The molecule has 1 saturated heterocycles. The Labute approximate surface area is 170 Å². The first-order chi connectivity index (χ1) is 13.7. The number of carbonyl (C=O) groups is 2. The predicted molar refractivity (Wildman–Crippen MR) is 109 cm³/mol. The number of nitrogens with one attached hydrogen (secondary N) is 1. The van der Waals surface area contributed by atoms with E-state index in [4.69, 9.17) is 4.74 Å². The minimum Gasteiger partial charge on any atom is -0.444 e. The summed E-state index contributed by atoms with van der Waals surface area (Å²) < 4.78 is 18.6. The molecular weight excluding hydrogens is 371 g/mol. The zero-order valence-corrected chi connectivity index (χ0v) is 17.0. The van der Waals surface area contributed by atoms with Crippen molar-refractivity contribution >= 4 is 12.0 Å². The Hall–Kier alpha value is -2.89. The van der Waals surface area contributed by atoms with E-state index in [1.54, 1.807) is 32.9 Å². The van der Waals surface area contributed by atoms with E-state index in [1.807, 2.05) is 30.3 Å². The van der Waals surface area contributed by atoms with Gasteiger partial charge in [-0.3, -0.25) is 9.69 Å². The molecule has 1 fully saturated rings. The highest BCUT2D eigenvalue weighted by Crippen LogP contribution is 2.34. The van der Waals surface area contributed by atoms with Crippen LogP contribution in [0.3, 0.4) is 0 Å². The average molecular weight is 398 g/mol. The average Bonchev–Trinajstić information content (AvgIpc) is 3.12. The van der Waals surface area contributed by atoms with Crippen molar-refractivity contribution in [3.05, 3.63) is 71.5 Å². The third kappa shape index (κ3) is 5.34. The Kier molecular flexibility index (Phi) is 6.20. The number of carbonyl (C=O) groups excluding carboxylic acids is 2. The highest BCUT2D eigenvalue weighted by Gasteiger charge is 2.43. The summed E-state index contributed by atoms with van der Waals surface area (Å²) in [5.41, 5.74) is 1.16. The first kappa shape index (κ1) is 20.8. The number of rotatable bonds is 4. The molecule has 2 aromatic carbocycles. The molecule has 0 radical (unpaired) electrons. The fraction of sp³-hybridized carbons (Fsp3) is 0.391. The van der Waals surface area contributed by atoms with Crippen molar-refractivity contribution in [3.8, 4) is 0 Å². The minimum absolute atomic E-state index is 0.114. The van der Waals surface area contributed by atoms with Crippen molar-refractivity contribution in [2.45, 2.75) is 51.3 Å². The monoisotopic (exact) mass is 398 g/mol. The number of hydrogen-bond acceptors (Lipinski definition) is 3. The van der Waals surface area contributed by atoms with E-state index in [1.165, 1.54) is 17.0 Å². The van der Waals surface area contributed by atoms with Crippen LogP contribution in [-0.4, -0.2) is 35.1 Å². The molecular formula is C23H27FN2O3. The number of halogens is 1. The second-order valence-corrected chi connectivity index (χ2v) is 8.27. The maximum absolute atomic E-state index is 13.1. The summed E-state index contributed by atoms with van der Waals surface area (Å²) in [5.74, 6) is -0.681. The number of amides is 2. The van der Waals surface area contributed by atoms with Crippen LogP contribution in [0.15, 0.2) is 54.6 Å². The second-order valence-electron chi connectivity index (χ2n) is 8.27. The van der Waals surface area contributed by atoms with Gasteiger partial charge in [-0.25, -0.2) is 9.18 Å². The fourth-order valence-corrected chi connectivity index (χ4v) is 3.59. The molecule has 2 aromatic rings. The van der Waals surface area contributed by atoms with Crippen LogP contribution in [0.1, 0.15) is 44.2 Å². The summed E-state index contributed by atoms with van der Waals surface area (Å²) >= 11 is 0. The number of likely N-dealkylation sites (tertiary alicyclic amines) is 1. The zero-order chi connectivity index (χ0) is 21.0. The zero-order valence-electron chi connectivity index (χ0n) is 17.0. The lowest BCUT2D eigenvalue weighted by atomic mass is 9.91. The van der Waals surface area contributed by atoms with Gasteiger partial charge in [0.1, 0.15) is 17.5 Å². The predicted octanol–water partition coefficient (Wildman–Crippen LogP) is 4.24. The Morgan fingerprint density at radius 3 is 2.38 bits per heavy atom. The van der Waals surface area contributed by atoms with Crippen molar-refractivity contribution in [1.82, 2.24) is 10.2 Å². The lowest BCUT2D eigenvalue weighted by Gasteiger charge is -2.30. The first-order valence-electron chi connectivity index (χ1n) is 9.81. The van der Waals surface area contributed by atoms with Gasteiger partial charge in [-0.1, -0.05) is 42.5 Å². The molecule has 29 heavy (non-hydrogen) atoms. The topological polar surface area (TPSA) is 58.6 Å². The molecule has 0 saturated carbocycles. The van der Waals surface area contributed by atoms with Crippen LogP contribution in [0.2, 0.25) is 0 Å². The van der Waals surface area contributed by atoms with Gasteiger partial charge in [0.2, 0.25) is 5.91 Å². The molecule has 0 bridgehead atoms. The summed E-state index contributed by atoms with van der Waals surface area (Å²) in [5, 5.41) is 2.90. The summed E-state index contributed by atoms with van der Waals surface area (Å²) in [6.07, 6.45) is 0.190. The van der Waals surface area contributed by atoms with Crippen LogP contribution in [0.5, 0.6) is 0 Å². The molecule has 1 aliphatic rings. The van der Waals surface area contributed by atoms with Gasteiger partial charge in [0, 0.05) is 19.0 Å². The summed E-state index contributed by atoms with van der Waals surface area (Å²) in [6, 6.07) is 15.1. The normalized spacial score (nSPS) is 19.1. The lowest BCUT2D eigenvalue weighted by Crippen LogP contribution is -2.49. The summed E-state index contributed by atoms with van der Waals surface area (Å²) in [7, 11) is 0. The molecule has 6 heteroatoms. The van der Waals surface area contributed by atoms with Crippen molar-refractivity contribution in [2.24, 2.45) is 0 Å². The van der Waals surface area contributed by atoms with Crippen molar-refractivity contribution < 1.29 is 18.7 Å². The van der Waals surface area contributed by atoms with Gasteiger partial charge in [-0.2, -0.15) is 0 Å². The van der Waals surface area contributed by atoms with E-state index in [0.717, 1.165) is 11.1 Å². The Morgan fingerprint density at radius 2 is 1.76 bits per heavy atom. The Balaban J connectivity index is 1.79. The van der Waals surface area contributed by atoms with Crippen molar-refractivity contribution in [1.29, 1.82) is 0 Å². The molecule has 0 aliphatic carbocycles. The standard InChI is InChI=1S/C23H27FN2O3/c1-23(2,3)29-22(28)26-14-13-19(17-7-5-4-6-8-17)20(26)21(27)25-15-16-9-11-18(24)12-10-16/h4-12,19-20H,13-15H2,1-3H3,(H,25,27). The lowest BCUT2D eigenvalue weighted by molar-refractivity contribution is -0.126. The third-order valence-electron chi connectivity index (χ3n) is 4.90. The van der Waals surface area contributed by atoms with Gasteiger partial charge in [0.25, 0.3) is 0 Å². The van der Waals surface area contributed by atoms with Gasteiger partial charge in [-0.05, 0) is 50.5 Å². The molecule has 1 heterocycles. The van der Waals surface area contributed by atoms with Crippen LogP contribution in [0.25, 0.3) is 0 Å². The maximum Gasteiger partial charge on any atom is 0.410 e. The quantitative estimate of drug-likeness (QED) is 0.838. The van der Waals surface area contributed by atoms with Gasteiger partial charge < -0.3 is 10.1 Å². The van der Waals surface area contributed by atoms with E-state index in [0.29, 0.717) is 13.0 Å². The van der Waals surface area contributed by atoms with Crippen LogP contribution in [0, 0.1) is 5.82 Å². The summed E-state index contributed by atoms with van der Waals surface area (Å²) in [6.45, 7) is 6.13. The Morgan fingerprint density at radius 1 is 1.10 bits per heavy atom. The second kappa shape index (κ2) is 8.64. The van der Waals surface area contributed by atoms with E-state index >= 15 is 0 Å². The van der Waals surface area contributed by atoms with E-state index < -0.39 is 17.7 Å². The SMILES string of the molecule is CC(C)(C)OC(=O)N1CCC(c2ccccc2)C1C(=O)NCc1ccc(F)cc1. The van der Waals surface area contributed by atoms with Crippen LogP contribution in [0.4, 0.5) is 9.18 Å². The highest BCUT2D eigenvalue weighted by molar-refractivity contribution is 5.87. The molecule has 2 atom stereocenters. The van der Waals surface area contributed by atoms with E-state index in [9.17, 15) is 14.0 Å². The van der Waals surface area contributed by atoms with Crippen LogP contribution in [-0.2, 0) is 16.1 Å². The van der Waals surface area contributed by atoms with Crippen LogP contribution >= 0.6 is 0 Å². The number of hydrogen-bond donors (Lipinski definition) is 1. The number of ether oxygens (including phenoxy) is 1. The molecule has 154 valence electrons. The Bertz CT molecular complexity index is 847. The molecule has 2 amide bonds. The van der Waals surface area contributed by atoms with Crippen LogP contribution < -0.4 is 5.32 Å². The molecule has 3 rings (SSSR count). The minimum atomic E-state index is -0.660. The van der Waals surface area contributed by atoms with E-state index in [-0.39, 0.29) is 24.2 Å². The maximum atomic E-state index is 13.1. The largest absolute Gasteiger partial charge is 0.444 e. The van der Waals surface area contributed by atoms with Gasteiger partial charge in [-0.15, -0.1) is 0 Å². The van der Waals surface area contributed by atoms with Gasteiger partial charge >= 0.3 is 6.09 Å². The molecule has 5 nitrogen and oxygen atoms in total. The first-order valence-corrected chi connectivity index (χ1v) is 9.81. The van der Waals surface area contributed by atoms with E-state index in [2.05, 4.69) is 5.32 Å². The molecule has 0 aromatic heterocycles. The van der Waals surface area contributed by atoms with Gasteiger partial charge in [0.05, 0.1) is 0 Å². The smallest absolute Gasteiger partial charge is 0.410 e. The number of nitrogens with zero attached hydrogens (tertiary/aromatic N) is 1. The molecule has 1 N–H and O–H groups in total. The fourth-order valence-electron chi connectivity index (χ4n) is 3.59. The third-order valence-corrected chi connectivity index (χ3v) is 4.90. The number of benzene rings is 2. The summed E-state index contributed by atoms with van der Waals surface area (Å²) in [4.78, 5) is 27.4. The van der Waals surface area contributed by atoms with Gasteiger partial charge in [0.15, 0.2) is 0 Å². The molecule has 0 spiro atoms. The van der Waals surface area contributed by atoms with Crippen molar-refractivity contribution in [3.63, 3.8) is 0 Å². The van der Waals surface area contributed by atoms with Crippen molar-refractivity contribution in [2.75, 3.05) is 6.54 Å². The molecule has 1 aliphatic heterocycles. The highest BCUT2D eigenvalue weighted by atomic mass is 19.1.